The van der Waals surface area contributed by atoms with Crippen LogP contribution in [0.1, 0.15) is 0 Å². The molecular weight excluding hydrogens is 436 g/mol. The summed E-state index contributed by atoms with van der Waals surface area (Å²) in [5.41, 5.74) is 10.2. The summed E-state index contributed by atoms with van der Waals surface area (Å²) in [6, 6.07) is 7.47. The number of H-pyrrole nitrogens is 1. The normalized spacial score (nSPS) is 11.4. The molecular formula is C22H16ClF2N7. The van der Waals surface area contributed by atoms with E-state index < -0.39 is 11.6 Å². The van der Waals surface area contributed by atoms with Crippen molar-refractivity contribution in [2.45, 2.75) is 6.54 Å². The molecule has 10 heteroatoms. The first-order valence-electron chi connectivity index (χ1n) is 9.72. The monoisotopic (exact) mass is 451 g/mol. The maximum atomic E-state index is 14.4. The van der Waals surface area contributed by atoms with Crippen LogP contribution in [0.25, 0.3) is 44.7 Å². The number of benzene rings is 1. The summed E-state index contributed by atoms with van der Waals surface area (Å²) < 4.78 is 29.8. The lowest BCUT2D eigenvalue weighted by Crippen LogP contribution is -2.09. The second-order valence-electron chi connectivity index (χ2n) is 7.14. The Morgan fingerprint density at radius 1 is 0.969 bits per heavy atom. The maximum absolute atomic E-state index is 14.4. The Morgan fingerprint density at radius 2 is 1.84 bits per heavy atom. The third-order valence-electron chi connectivity index (χ3n) is 5.06. The second kappa shape index (κ2) is 8.10. The third-order valence-corrected chi connectivity index (χ3v) is 5.35. The number of aromatic amines is 1. The number of hydrogen-bond acceptors (Lipinski definition) is 5. The van der Waals surface area contributed by atoms with E-state index in [1.54, 1.807) is 23.1 Å². The van der Waals surface area contributed by atoms with Gasteiger partial charge in [0.2, 0.25) is 0 Å². The number of nitrogens with two attached hydrogens (primary N) is 1. The number of halogens is 3. The van der Waals surface area contributed by atoms with E-state index in [-0.39, 0.29) is 10.6 Å². The highest BCUT2D eigenvalue weighted by Gasteiger charge is 2.18. The molecule has 4 heterocycles. The second-order valence-corrected chi connectivity index (χ2v) is 7.55. The average Bonchev–Trinajstić information content (AvgIpc) is 3.46. The zero-order valence-corrected chi connectivity index (χ0v) is 17.3. The molecule has 0 spiro atoms. The van der Waals surface area contributed by atoms with Gasteiger partial charge in [-0.15, -0.1) is 0 Å². The van der Waals surface area contributed by atoms with Crippen molar-refractivity contribution in [3.05, 3.63) is 71.8 Å². The fourth-order valence-corrected chi connectivity index (χ4v) is 3.65. The minimum atomic E-state index is -0.828. The Kier molecular flexibility index (Phi) is 5.12. The SMILES string of the molecule is NCCn1cc(-c2cnc3ccc(-c4cn[nH]c4-c4cc(Cl)c(F)cc4F)nc3c2)cn1. The van der Waals surface area contributed by atoms with Crippen LogP contribution in [0.3, 0.4) is 0 Å². The van der Waals surface area contributed by atoms with Crippen LogP contribution in [0, 0.1) is 11.6 Å². The standard InChI is InChI=1S/C22H16ClF2N7/c23-16-6-14(17(24)7-18(16)25)22-15(10-28-31-22)19-1-2-20-21(30-19)5-12(8-27-20)13-9-29-32(11-13)4-3-26/h1-2,5-11H,3-4,26H2,(H,28,31). The molecule has 0 unspecified atom stereocenters. The molecule has 0 atom stereocenters. The van der Waals surface area contributed by atoms with Gasteiger partial charge < -0.3 is 5.73 Å². The summed E-state index contributed by atoms with van der Waals surface area (Å²) in [6.45, 7) is 1.12. The molecule has 32 heavy (non-hydrogen) atoms. The van der Waals surface area contributed by atoms with Gasteiger partial charge in [-0.05, 0) is 24.3 Å². The van der Waals surface area contributed by atoms with Crippen LogP contribution < -0.4 is 5.73 Å². The minimum Gasteiger partial charge on any atom is -0.329 e. The van der Waals surface area contributed by atoms with E-state index >= 15 is 0 Å². The first kappa shape index (κ1) is 20.2. The van der Waals surface area contributed by atoms with Gasteiger partial charge in [-0.3, -0.25) is 14.8 Å². The van der Waals surface area contributed by atoms with Crippen molar-refractivity contribution in [2.24, 2.45) is 5.73 Å². The Labute approximate surface area is 185 Å². The molecule has 0 aliphatic carbocycles. The van der Waals surface area contributed by atoms with E-state index in [2.05, 4.69) is 20.3 Å². The van der Waals surface area contributed by atoms with Gasteiger partial charge in [-0.2, -0.15) is 10.2 Å². The summed E-state index contributed by atoms with van der Waals surface area (Å²) in [6.07, 6.45) is 6.94. The molecule has 4 aromatic heterocycles. The maximum Gasteiger partial charge on any atom is 0.144 e. The lowest BCUT2D eigenvalue weighted by atomic mass is 10.0. The van der Waals surface area contributed by atoms with Gasteiger partial charge in [0.1, 0.15) is 11.6 Å². The fourth-order valence-electron chi connectivity index (χ4n) is 3.48. The van der Waals surface area contributed by atoms with Gasteiger partial charge in [0, 0.05) is 47.3 Å². The number of aromatic nitrogens is 6. The molecule has 0 amide bonds. The van der Waals surface area contributed by atoms with Crippen LogP contribution in [0.5, 0.6) is 0 Å². The number of pyridine rings is 2. The summed E-state index contributed by atoms with van der Waals surface area (Å²) in [7, 11) is 0. The zero-order valence-electron chi connectivity index (χ0n) is 16.6. The zero-order chi connectivity index (χ0) is 22.2. The molecule has 0 bridgehead atoms. The molecule has 7 nitrogen and oxygen atoms in total. The largest absolute Gasteiger partial charge is 0.329 e. The Bertz CT molecular complexity index is 1440. The van der Waals surface area contributed by atoms with Gasteiger partial charge in [0.15, 0.2) is 0 Å². The topological polar surface area (TPSA) is 98.3 Å². The highest BCUT2D eigenvalue weighted by atomic mass is 35.5. The van der Waals surface area contributed by atoms with Gasteiger partial charge in [0.25, 0.3) is 0 Å². The molecule has 0 fully saturated rings. The Morgan fingerprint density at radius 3 is 2.69 bits per heavy atom. The van der Waals surface area contributed by atoms with Crippen molar-refractivity contribution in [2.75, 3.05) is 6.54 Å². The van der Waals surface area contributed by atoms with Crippen molar-refractivity contribution in [3.8, 4) is 33.6 Å². The van der Waals surface area contributed by atoms with Gasteiger partial charge >= 0.3 is 0 Å². The number of fused-ring (bicyclic) bond motifs is 1. The molecule has 0 saturated carbocycles. The van der Waals surface area contributed by atoms with Crippen LogP contribution in [-0.4, -0.2) is 36.5 Å². The number of rotatable bonds is 5. The number of hydrogen-bond donors (Lipinski definition) is 2. The predicted molar refractivity (Wildman–Crippen MR) is 118 cm³/mol. The molecule has 0 aliphatic rings. The van der Waals surface area contributed by atoms with Crippen LogP contribution in [0.4, 0.5) is 8.78 Å². The van der Waals surface area contributed by atoms with Crippen molar-refractivity contribution < 1.29 is 8.78 Å². The van der Waals surface area contributed by atoms with E-state index in [1.807, 2.05) is 18.3 Å². The van der Waals surface area contributed by atoms with Crippen LogP contribution >= 0.6 is 11.6 Å². The summed E-state index contributed by atoms with van der Waals surface area (Å²) in [5, 5.41) is 10.9. The van der Waals surface area contributed by atoms with Crippen molar-refractivity contribution in [1.29, 1.82) is 0 Å². The van der Waals surface area contributed by atoms with Gasteiger partial charge in [-0.25, -0.2) is 13.8 Å². The third kappa shape index (κ3) is 3.61. The quantitative estimate of drug-likeness (QED) is 0.385. The van der Waals surface area contributed by atoms with Crippen molar-refractivity contribution in [1.82, 2.24) is 29.9 Å². The highest BCUT2D eigenvalue weighted by molar-refractivity contribution is 6.31. The molecule has 5 aromatic rings. The summed E-state index contributed by atoms with van der Waals surface area (Å²) in [4.78, 5) is 9.19. The van der Waals surface area contributed by atoms with Crippen LogP contribution in [0.15, 0.2) is 55.1 Å². The molecule has 160 valence electrons. The molecule has 0 aliphatic heterocycles. The molecule has 5 rings (SSSR count). The van der Waals surface area contributed by atoms with Crippen molar-refractivity contribution in [3.63, 3.8) is 0 Å². The Hall–Kier alpha value is -3.69. The van der Waals surface area contributed by atoms with Gasteiger partial charge in [0.05, 0.1) is 46.4 Å². The first-order valence-corrected chi connectivity index (χ1v) is 10.1. The lowest BCUT2D eigenvalue weighted by Gasteiger charge is -2.07. The number of nitrogens with one attached hydrogen (secondary N) is 1. The minimum absolute atomic E-state index is 0.102. The smallest absolute Gasteiger partial charge is 0.144 e. The van der Waals surface area contributed by atoms with E-state index in [4.69, 9.17) is 22.3 Å². The van der Waals surface area contributed by atoms with Gasteiger partial charge in [-0.1, -0.05) is 11.6 Å². The van der Waals surface area contributed by atoms with Crippen molar-refractivity contribution >= 4 is 22.6 Å². The summed E-state index contributed by atoms with van der Waals surface area (Å²) >= 11 is 5.86. The summed E-state index contributed by atoms with van der Waals surface area (Å²) in [5.74, 6) is -1.58. The molecule has 3 N–H and O–H groups in total. The van der Waals surface area contributed by atoms with Crippen LogP contribution in [-0.2, 0) is 6.54 Å². The molecule has 0 saturated heterocycles. The molecule has 0 radical (unpaired) electrons. The Balaban J connectivity index is 1.57. The highest BCUT2D eigenvalue weighted by Crippen LogP contribution is 2.34. The molecule has 1 aromatic carbocycles. The lowest BCUT2D eigenvalue weighted by molar-refractivity contribution is 0.585. The van der Waals surface area contributed by atoms with Crippen LogP contribution in [0.2, 0.25) is 5.02 Å². The van der Waals surface area contributed by atoms with E-state index in [1.165, 1.54) is 12.3 Å². The van der Waals surface area contributed by atoms with E-state index in [0.29, 0.717) is 41.1 Å². The average molecular weight is 452 g/mol. The fraction of sp³-hybridized carbons (Fsp3) is 0.0909. The first-order chi connectivity index (χ1) is 15.5. The number of nitrogens with zero attached hydrogens (tertiary/aromatic N) is 5. The predicted octanol–water partition coefficient (Wildman–Crippen LogP) is 4.44. The van der Waals surface area contributed by atoms with E-state index in [0.717, 1.165) is 17.2 Å². The van der Waals surface area contributed by atoms with E-state index in [9.17, 15) is 8.78 Å².